The number of halogens is 2. The molecule has 15 heteroatoms. The molecule has 1 fully saturated rings. The van der Waals surface area contributed by atoms with E-state index in [-0.39, 0.29) is 57.6 Å². The molecule has 1 aliphatic rings. The summed E-state index contributed by atoms with van der Waals surface area (Å²) in [5.41, 5.74) is 0.845. The molecule has 12 nitrogen and oxygen atoms in total. The van der Waals surface area contributed by atoms with Crippen molar-refractivity contribution in [1.82, 2.24) is 24.5 Å². The molecule has 38 heavy (non-hydrogen) atoms. The third-order valence-corrected chi connectivity index (χ3v) is 7.77. The van der Waals surface area contributed by atoms with Gasteiger partial charge in [0.15, 0.2) is 5.82 Å². The van der Waals surface area contributed by atoms with Gasteiger partial charge in [0.1, 0.15) is 5.69 Å². The number of ether oxygens (including phenoxy) is 1. The highest BCUT2D eigenvalue weighted by atomic mass is 35.5. The SMILES string of the molecule is CCS(=O)(=O)N1CC(NC(=O)c2cc(Cl)cc(C)c2NC(=O)c2cc(OC)nn2-c2ncccc2Cl)CO1. The second kappa shape index (κ2) is 11.3. The number of pyridine rings is 1. The highest BCUT2D eigenvalue weighted by Gasteiger charge is 2.33. The molecular formula is C23H24Cl2N6O6S. The van der Waals surface area contributed by atoms with Crippen LogP contribution in [0, 0.1) is 6.92 Å². The molecule has 4 rings (SSSR count). The van der Waals surface area contributed by atoms with E-state index in [1.54, 1.807) is 25.1 Å². The molecule has 2 aromatic heterocycles. The van der Waals surface area contributed by atoms with Gasteiger partial charge in [0, 0.05) is 17.3 Å². The zero-order chi connectivity index (χ0) is 27.6. The van der Waals surface area contributed by atoms with Crippen LogP contribution in [0.1, 0.15) is 33.3 Å². The lowest BCUT2D eigenvalue weighted by atomic mass is 10.1. The number of aromatic nitrogens is 3. The van der Waals surface area contributed by atoms with Gasteiger partial charge < -0.3 is 15.4 Å². The molecule has 0 spiro atoms. The largest absolute Gasteiger partial charge is 0.480 e. The fourth-order valence-electron chi connectivity index (χ4n) is 3.73. The van der Waals surface area contributed by atoms with Crippen LogP contribution in [0.15, 0.2) is 36.5 Å². The van der Waals surface area contributed by atoms with Crippen LogP contribution in [-0.2, 0) is 14.9 Å². The van der Waals surface area contributed by atoms with Gasteiger partial charge in [-0.15, -0.1) is 5.10 Å². The summed E-state index contributed by atoms with van der Waals surface area (Å²) >= 11 is 12.5. The predicted octanol–water partition coefficient (Wildman–Crippen LogP) is 2.84. The van der Waals surface area contributed by atoms with Gasteiger partial charge in [0.2, 0.25) is 15.9 Å². The van der Waals surface area contributed by atoms with Gasteiger partial charge in [0.25, 0.3) is 11.8 Å². The Labute approximate surface area is 228 Å². The Bertz CT molecular complexity index is 1500. The van der Waals surface area contributed by atoms with Gasteiger partial charge in [-0.3, -0.25) is 14.4 Å². The van der Waals surface area contributed by atoms with E-state index in [4.69, 9.17) is 32.8 Å². The van der Waals surface area contributed by atoms with Crippen LogP contribution in [-0.4, -0.2) is 71.5 Å². The number of aryl methyl sites for hydroxylation is 1. The van der Waals surface area contributed by atoms with E-state index < -0.39 is 27.9 Å². The summed E-state index contributed by atoms with van der Waals surface area (Å²) in [4.78, 5) is 36.1. The van der Waals surface area contributed by atoms with Gasteiger partial charge >= 0.3 is 0 Å². The normalized spacial score (nSPS) is 15.9. The van der Waals surface area contributed by atoms with Crippen LogP contribution in [0.3, 0.4) is 0 Å². The zero-order valence-corrected chi connectivity index (χ0v) is 22.9. The number of benzene rings is 1. The summed E-state index contributed by atoms with van der Waals surface area (Å²) < 4.78 is 31.4. The average Bonchev–Trinajstić information content (AvgIpc) is 3.53. The van der Waals surface area contributed by atoms with Crippen molar-refractivity contribution in [3.05, 3.63) is 63.4 Å². The summed E-state index contributed by atoms with van der Waals surface area (Å²) in [6.07, 6.45) is 1.50. The number of hydrogen-bond donors (Lipinski definition) is 2. The number of nitrogens with one attached hydrogen (secondary N) is 2. The maximum atomic E-state index is 13.4. The Morgan fingerprint density at radius 1 is 1.24 bits per heavy atom. The van der Waals surface area contributed by atoms with E-state index in [2.05, 4.69) is 20.7 Å². The third-order valence-electron chi connectivity index (χ3n) is 5.65. The quantitative estimate of drug-likeness (QED) is 0.412. The number of carbonyl (C=O) groups is 2. The van der Waals surface area contributed by atoms with Crippen LogP contribution in [0.25, 0.3) is 5.82 Å². The van der Waals surface area contributed by atoms with Crippen molar-refractivity contribution in [3.8, 4) is 11.7 Å². The average molecular weight is 583 g/mol. The van der Waals surface area contributed by atoms with E-state index in [9.17, 15) is 18.0 Å². The van der Waals surface area contributed by atoms with Crippen molar-refractivity contribution < 1.29 is 27.6 Å². The smallest absolute Gasteiger partial charge is 0.274 e. The number of carbonyl (C=O) groups excluding carboxylic acids is 2. The predicted molar refractivity (Wildman–Crippen MR) is 140 cm³/mol. The summed E-state index contributed by atoms with van der Waals surface area (Å²) in [6, 6.07) is 7.04. The van der Waals surface area contributed by atoms with E-state index in [0.29, 0.717) is 5.56 Å². The van der Waals surface area contributed by atoms with Crippen LogP contribution < -0.4 is 15.4 Å². The van der Waals surface area contributed by atoms with Crippen LogP contribution >= 0.6 is 23.2 Å². The van der Waals surface area contributed by atoms with E-state index in [0.717, 1.165) is 4.47 Å². The molecule has 202 valence electrons. The number of hydroxylamine groups is 1. The summed E-state index contributed by atoms with van der Waals surface area (Å²) in [7, 11) is -2.18. The number of anilines is 1. The van der Waals surface area contributed by atoms with Crippen LogP contribution in [0.4, 0.5) is 5.69 Å². The van der Waals surface area contributed by atoms with Gasteiger partial charge in [-0.05, 0) is 43.7 Å². The topological polar surface area (TPSA) is 145 Å². The van der Waals surface area contributed by atoms with E-state index >= 15 is 0 Å². The number of rotatable bonds is 8. The molecule has 1 aliphatic heterocycles. The minimum atomic E-state index is -3.58. The molecule has 3 heterocycles. The fourth-order valence-corrected chi connectivity index (χ4v) is 5.12. The molecule has 2 amide bonds. The van der Waals surface area contributed by atoms with Crippen molar-refractivity contribution >= 4 is 50.7 Å². The lowest BCUT2D eigenvalue weighted by Gasteiger charge is -2.17. The fraction of sp³-hybridized carbons (Fsp3) is 0.304. The van der Waals surface area contributed by atoms with Gasteiger partial charge in [-0.1, -0.05) is 27.7 Å². The Morgan fingerprint density at radius 2 is 2.00 bits per heavy atom. The van der Waals surface area contributed by atoms with Crippen molar-refractivity contribution in [2.24, 2.45) is 0 Å². The molecule has 0 aliphatic carbocycles. The third kappa shape index (κ3) is 5.76. The summed E-state index contributed by atoms with van der Waals surface area (Å²) in [5.74, 6) is -0.972. The second-order valence-electron chi connectivity index (χ2n) is 8.24. The number of sulfonamides is 1. The minimum absolute atomic E-state index is 0.0317. The summed E-state index contributed by atoms with van der Waals surface area (Å²) in [6.45, 7) is 3.10. The molecule has 1 atom stereocenters. The first-order chi connectivity index (χ1) is 18.0. The second-order valence-corrected chi connectivity index (χ2v) is 11.2. The number of amides is 2. The van der Waals surface area contributed by atoms with Crippen LogP contribution in [0.5, 0.6) is 5.88 Å². The molecule has 3 aromatic rings. The molecular weight excluding hydrogens is 559 g/mol. The molecule has 1 aromatic carbocycles. The zero-order valence-electron chi connectivity index (χ0n) is 20.6. The van der Waals surface area contributed by atoms with Crippen molar-refractivity contribution in [2.45, 2.75) is 19.9 Å². The van der Waals surface area contributed by atoms with E-state index in [1.807, 2.05) is 0 Å². The highest BCUT2D eigenvalue weighted by molar-refractivity contribution is 7.88. The Kier molecular flexibility index (Phi) is 8.23. The minimum Gasteiger partial charge on any atom is -0.480 e. The van der Waals surface area contributed by atoms with Gasteiger partial charge in [0.05, 0.1) is 48.3 Å². The monoisotopic (exact) mass is 582 g/mol. The molecule has 1 saturated heterocycles. The number of nitrogens with zero attached hydrogens (tertiary/aromatic N) is 4. The summed E-state index contributed by atoms with van der Waals surface area (Å²) in [5, 5.41) is 10.3. The Balaban J connectivity index is 1.62. The van der Waals surface area contributed by atoms with Crippen molar-refractivity contribution in [2.75, 3.05) is 31.3 Å². The standard InChI is InChI=1S/C23H24Cl2N6O6S/c1-4-38(34,35)30-11-15(12-37-30)27-22(32)16-9-14(24)8-13(2)20(16)28-23(33)18-10-19(36-3)29-31(18)21-17(25)6-5-7-26-21/h5-10,15H,4,11-12H2,1-3H3,(H,27,32)(H,28,33). The van der Waals surface area contributed by atoms with Crippen molar-refractivity contribution in [1.29, 1.82) is 0 Å². The molecule has 1 unspecified atom stereocenters. The first kappa shape index (κ1) is 27.8. The molecule has 0 saturated carbocycles. The first-order valence-corrected chi connectivity index (χ1v) is 13.7. The van der Waals surface area contributed by atoms with Crippen LogP contribution in [0.2, 0.25) is 10.0 Å². The number of methoxy groups -OCH3 is 1. The van der Waals surface area contributed by atoms with Crippen molar-refractivity contribution in [3.63, 3.8) is 0 Å². The van der Waals surface area contributed by atoms with Gasteiger partial charge in [-0.25, -0.2) is 18.1 Å². The maximum Gasteiger partial charge on any atom is 0.274 e. The molecule has 0 bridgehead atoms. The number of hydrogen-bond acceptors (Lipinski definition) is 8. The molecule has 2 N–H and O–H groups in total. The highest BCUT2D eigenvalue weighted by Crippen LogP contribution is 2.28. The maximum absolute atomic E-state index is 13.4. The Hall–Kier alpha value is -3.23. The van der Waals surface area contributed by atoms with E-state index in [1.165, 1.54) is 37.0 Å². The lowest BCUT2D eigenvalue weighted by molar-refractivity contribution is -0.0288. The Morgan fingerprint density at radius 3 is 2.68 bits per heavy atom. The molecule has 0 radical (unpaired) electrons. The first-order valence-electron chi connectivity index (χ1n) is 11.3. The van der Waals surface area contributed by atoms with Gasteiger partial charge in [-0.2, -0.15) is 0 Å². The lowest BCUT2D eigenvalue weighted by Crippen LogP contribution is -2.40.